The van der Waals surface area contributed by atoms with Crippen molar-refractivity contribution in [3.05, 3.63) is 12.2 Å². The number of carbonyl (C=O) groups is 2. The molecule has 1 aliphatic heterocycles. The lowest BCUT2D eigenvalue weighted by atomic mass is 9.67. The Hall–Kier alpha value is -1.36. The van der Waals surface area contributed by atoms with E-state index in [2.05, 4.69) is 13.5 Å². The molecule has 0 aromatic heterocycles. The van der Waals surface area contributed by atoms with E-state index in [9.17, 15) is 14.7 Å². The molecule has 1 heterocycles. The van der Waals surface area contributed by atoms with E-state index >= 15 is 0 Å². The van der Waals surface area contributed by atoms with Crippen molar-refractivity contribution in [2.45, 2.75) is 51.7 Å². The second-order valence-electron chi connectivity index (χ2n) is 7.10. The van der Waals surface area contributed by atoms with Gasteiger partial charge in [-0.25, -0.2) is 4.79 Å². The number of carbonyl (C=O) groups excluding carboxylic acids is 2. The molecule has 5 nitrogen and oxygen atoms in total. The van der Waals surface area contributed by atoms with Crippen molar-refractivity contribution in [2.75, 3.05) is 6.61 Å². The van der Waals surface area contributed by atoms with Crippen LogP contribution in [0.3, 0.4) is 0 Å². The third-order valence-electron chi connectivity index (χ3n) is 6.05. The van der Waals surface area contributed by atoms with Gasteiger partial charge in [-0.3, -0.25) is 4.79 Å². The van der Waals surface area contributed by atoms with Crippen LogP contribution in [0.15, 0.2) is 12.2 Å². The zero-order valence-corrected chi connectivity index (χ0v) is 13.2. The molecule has 2 aliphatic carbocycles. The average molecular weight is 308 g/mol. The summed E-state index contributed by atoms with van der Waals surface area (Å²) in [5.41, 5.74) is -0.194. The molecule has 0 aromatic rings. The van der Waals surface area contributed by atoms with Gasteiger partial charge in [-0.2, -0.15) is 0 Å². The van der Waals surface area contributed by atoms with Gasteiger partial charge < -0.3 is 14.6 Å². The molecule has 3 rings (SSSR count). The minimum Gasteiger partial charge on any atom is -0.465 e. The smallest absolute Gasteiger partial charge is 0.334 e. The van der Waals surface area contributed by atoms with E-state index in [4.69, 9.17) is 9.47 Å². The van der Waals surface area contributed by atoms with Crippen molar-refractivity contribution >= 4 is 11.9 Å². The van der Waals surface area contributed by atoms with Gasteiger partial charge in [0, 0.05) is 18.4 Å². The van der Waals surface area contributed by atoms with Crippen molar-refractivity contribution in [3.8, 4) is 0 Å². The third kappa shape index (κ3) is 2.09. The summed E-state index contributed by atoms with van der Waals surface area (Å²) in [5.74, 6) is -0.239. The first-order chi connectivity index (χ1) is 10.4. The summed E-state index contributed by atoms with van der Waals surface area (Å²) < 4.78 is 11.0. The van der Waals surface area contributed by atoms with Crippen LogP contribution in [-0.4, -0.2) is 35.9 Å². The Balaban J connectivity index is 2.04. The number of fused-ring (bicyclic) bond motifs is 3. The van der Waals surface area contributed by atoms with Gasteiger partial charge in [-0.15, -0.1) is 0 Å². The maximum atomic E-state index is 12.0. The monoisotopic (exact) mass is 308 g/mol. The molecule has 6 atom stereocenters. The van der Waals surface area contributed by atoms with Crippen LogP contribution in [-0.2, 0) is 19.1 Å². The fraction of sp³-hybridized carbons (Fsp3) is 0.765. The predicted molar refractivity (Wildman–Crippen MR) is 78.7 cm³/mol. The van der Waals surface area contributed by atoms with Gasteiger partial charge in [-0.1, -0.05) is 13.5 Å². The van der Waals surface area contributed by atoms with Crippen LogP contribution in [0.2, 0.25) is 0 Å². The Kier molecular flexibility index (Phi) is 3.79. The summed E-state index contributed by atoms with van der Waals surface area (Å²) in [6.45, 7) is 7.54. The summed E-state index contributed by atoms with van der Waals surface area (Å²) in [6, 6.07) is 0. The highest BCUT2D eigenvalue weighted by Crippen LogP contribution is 2.58. The van der Waals surface area contributed by atoms with Gasteiger partial charge in [0.25, 0.3) is 0 Å². The standard InChI is InChI=1S/C17H24O5/c1-9-4-5-12-10(2)16(20)22-15(12)17(8-21-11(3)18)13(9)6-7-14(17)19/h9,12-15,19H,2,4-8H2,1,3H3/t9-,12-,13-,14-,15+,17-/m0/s1. The zero-order chi connectivity index (χ0) is 16.1. The van der Waals surface area contributed by atoms with Crippen molar-refractivity contribution in [3.63, 3.8) is 0 Å². The minimum absolute atomic E-state index is 0.0803. The lowest BCUT2D eigenvalue weighted by Gasteiger charge is -2.43. The van der Waals surface area contributed by atoms with E-state index in [1.807, 2.05) is 0 Å². The first kappa shape index (κ1) is 15.5. The van der Waals surface area contributed by atoms with E-state index in [-0.39, 0.29) is 30.4 Å². The zero-order valence-electron chi connectivity index (χ0n) is 13.2. The van der Waals surface area contributed by atoms with Gasteiger partial charge in [0.15, 0.2) is 0 Å². The maximum absolute atomic E-state index is 12.0. The first-order valence-electron chi connectivity index (χ1n) is 8.09. The molecule has 0 unspecified atom stereocenters. The second-order valence-corrected chi connectivity index (χ2v) is 7.10. The van der Waals surface area contributed by atoms with Gasteiger partial charge in [0.1, 0.15) is 12.7 Å². The Morgan fingerprint density at radius 2 is 2.14 bits per heavy atom. The van der Waals surface area contributed by atoms with Crippen LogP contribution in [0.1, 0.15) is 39.5 Å². The summed E-state index contributed by atoms with van der Waals surface area (Å²) in [7, 11) is 0. The first-order valence-corrected chi connectivity index (χ1v) is 8.09. The molecule has 3 fully saturated rings. The van der Waals surface area contributed by atoms with Gasteiger partial charge >= 0.3 is 11.9 Å². The largest absolute Gasteiger partial charge is 0.465 e. The van der Waals surface area contributed by atoms with E-state index < -0.39 is 17.6 Å². The minimum atomic E-state index is -0.693. The molecule has 0 aromatic carbocycles. The molecule has 22 heavy (non-hydrogen) atoms. The van der Waals surface area contributed by atoms with E-state index in [1.165, 1.54) is 6.92 Å². The number of aliphatic hydroxyl groups is 1. The highest BCUT2D eigenvalue weighted by atomic mass is 16.6. The normalized spacial score (nSPS) is 44.0. The number of aliphatic hydroxyl groups excluding tert-OH is 1. The quantitative estimate of drug-likeness (QED) is 0.622. The SMILES string of the molecule is C=C1C(=O)O[C@@H]2[C@H]1CC[C@H](C)[C@@H]1CC[C@H](O)[C@@]21COC(C)=O. The molecule has 0 amide bonds. The van der Waals surface area contributed by atoms with E-state index in [0.29, 0.717) is 17.9 Å². The van der Waals surface area contributed by atoms with Crippen LogP contribution in [0.25, 0.3) is 0 Å². The molecule has 2 saturated carbocycles. The molecule has 0 spiro atoms. The molecule has 5 heteroatoms. The van der Waals surface area contributed by atoms with Crippen molar-refractivity contribution < 1.29 is 24.2 Å². The van der Waals surface area contributed by atoms with Crippen molar-refractivity contribution in [2.24, 2.45) is 23.2 Å². The molecule has 122 valence electrons. The third-order valence-corrected chi connectivity index (χ3v) is 6.05. The summed E-state index contributed by atoms with van der Waals surface area (Å²) in [4.78, 5) is 23.3. The van der Waals surface area contributed by atoms with Crippen LogP contribution in [0, 0.1) is 23.2 Å². The molecular weight excluding hydrogens is 284 g/mol. The van der Waals surface area contributed by atoms with Gasteiger partial charge in [0.2, 0.25) is 0 Å². The molecular formula is C17H24O5. The van der Waals surface area contributed by atoms with Crippen LogP contribution >= 0.6 is 0 Å². The van der Waals surface area contributed by atoms with Gasteiger partial charge in [0.05, 0.1) is 11.5 Å². The number of hydrogen-bond donors (Lipinski definition) is 1. The molecule has 1 saturated heterocycles. The van der Waals surface area contributed by atoms with Crippen LogP contribution in [0.4, 0.5) is 0 Å². The maximum Gasteiger partial charge on any atom is 0.334 e. The summed E-state index contributed by atoms with van der Waals surface area (Å²) in [6.07, 6.45) is 2.28. The fourth-order valence-electron chi connectivity index (χ4n) is 4.91. The number of esters is 2. The molecule has 0 radical (unpaired) electrons. The second kappa shape index (κ2) is 5.37. The highest BCUT2D eigenvalue weighted by Gasteiger charge is 2.64. The lowest BCUT2D eigenvalue weighted by molar-refractivity contribution is -0.171. The number of hydrogen-bond acceptors (Lipinski definition) is 5. The number of rotatable bonds is 2. The predicted octanol–water partition coefficient (Wildman–Crippen LogP) is 1.83. The molecule has 1 N–H and O–H groups in total. The highest BCUT2D eigenvalue weighted by molar-refractivity contribution is 5.91. The Labute approximate surface area is 130 Å². The molecule has 3 aliphatic rings. The summed E-state index contributed by atoms with van der Waals surface area (Å²) >= 11 is 0. The van der Waals surface area contributed by atoms with Crippen LogP contribution in [0.5, 0.6) is 0 Å². The Morgan fingerprint density at radius 3 is 2.82 bits per heavy atom. The average Bonchev–Trinajstić information content (AvgIpc) is 2.90. The number of ether oxygens (including phenoxy) is 2. The van der Waals surface area contributed by atoms with Crippen LogP contribution < -0.4 is 0 Å². The van der Waals surface area contributed by atoms with Gasteiger partial charge in [-0.05, 0) is 37.5 Å². The Morgan fingerprint density at radius 1 is 1.41 bits per heavy atom. The van der Waals surface area contributed by atoms with E-state index in [0.717, 1.165) is 19.3 Å². The fourth-order valence-corrected chi connectivity index (χ4v) is 4.91. The topological polar surface area (TPSA) is 72.8 Å². The summed E-state index contributed by atoms with van der Waals surface area (Å²) in [5, 5.41) is 10.7. The Bertz CT molecular complexity index is 513. The van der Waals surface area contributed by atoms with E-state index in [1.54, 1.807) is 0 Å². The molecule has 0 bridgehead atoms. The van der Waals surface area contributed by atoms with Crippen molar-refractivity contribution in [1.29, 1.82) is 0 Å². The lowest BCUT2D eigenvalue weighted by Crippen LogP contribution is -2.52. The van der Waals surface area contributed by atoms with Crippen molar-refractivity contribution in [1.82, 2.24) is 0 Å².